The highest BCUT2D eigenvalue weighted by atomic mass is 19.3. The van der Waals surface area contributed by atoms with Gasteiger partial charge in [-0.3, -0.25) is 4.79 Å². The Balaban J connectivity index is 1.88. The summed E-state index contributed by atoms with van der Waals surface area (Å²) in [6, 6.07) is 0. The lowest BCUT2D eigenvalue weighted by Crippen LogP contribution is -2.49. The predicted octanol–water partition coefficient (Wildman–Crippen LogP) is 1.54. The van der Waals surface area contributed by atoms with Gasteiger partial charge in [-0.15, -0.1) is 0 Å². The van der Waals surface area contributed by atoms with E-state index in [1.54, 1.807) is 12.4 Å². The van der Waals surface area contributed by atoms with Crippen LogP contribution in [0.2, 0.25) is 0 Å². The van der Waals surface area contributed by atoms with E-state index >= 15 is 0 Å². The molecular weight excluding hydrogens is 363 g/mol. The fourth-order valence-electron chi connectivity index (χ4n) is 2.41. The maximum atomic E-state index is 14.2. The lowest BCUT2D eigenvalue weighted by molar-refractivity contribution is -0.380. The van der Waals surface area contributed by atoms with E-state index in [0.717, 1.165) is 6.20 Å². The zero-order valence-electron chi connectivity index (χ0n) is 14.5. The summed E-state index contributed by atoms with van der Waals surface area (Å²) in [6.07, 6.45) is 3.11. The van der Waals surface area contributed by atoms with Gasteiger partial charge in [-0.05, 0) is 18.8 Å². The Morgan fingerprint density at radius 1 is 1.37 bits per heavy atom. The molecular formula is C16H17F3N7O+. The molecule has 0 saturated heterocycles. The molecule has 0 aliphatic rings. The summed E-state index contributed by atoms with van der Waals surface area (Å²) in [4.78, 5) is 30.1. The summed E-state index contributed by atoms with van der Waals surface area (Å²) >= 11 is 0. The summed E-state index contributed by atoms with van der Waals surface area (Å²) < 4.78 is 38.7. The minimum atomic E-state index is -2.68. The van der Waals surface area contributed by atoms with Gasteiger partial charge < -0.3 is 15.6 Å². The van der Waals surface area contributed by atoms with Crippen molar-refractivity contribution < 1.29 is 22.9 Å². The van der Waals surface area contributed by atoms with E-state index in [0.29, 0.717) is 16.6 Å². The van der Waals surface area contributed by atoms with Gasteiger partial charge in [0.2, 0.25) is 5.91 Å². The van der Waals surface area contributed by atoms with Gasteiger partial charge in [-0.1, -0.05) is 0 Å². The Morgan fingerprint density at radius 2 is 2.15 bits per heavy atom. The molecule has 3 aromatic rings. The van der Waals surface area contributed by atoms with Gasteiger partial charge in [0, 0.05) is 6.20 Å². The number of alkyl halides is 2. The molecule has 1 amide bonds. The van der Waals surface area contributed by atoms with Gasteiger partial charge in [0.1, 0.15) is 11.7 Å². The summed E-state index contributed by atoms with van der Waals surface area (Å²) in [6.45, 7) is 2.07. The van der Waals surface area contributed by atoms with Crippen molar-refractivity contribution in [2.24, 2.45) is 0 Å². The summed E-state index contributed by atoms with van der Waals surface area (Å²) in [7, 11) is 0. The third kappa shape index (κ3) is 3.96. The minimum absolute atomic E-state index is 0.204. The molecule has 4 N–H and O–H groups in total. The number of aromatic nitrogens is 5. The number of halogens is 3. The lowest BCUT2D eigenvalue weighted by atomic mass is 10.0. The maximum absolute atomic E-state index is 14.2. The van der Waals surface area contributed by atoms with Crippen molar-refractivity contribution in [2.75, 3.05) is 11.9 Å². The molecule has 0 aromatic carbocycles. The van der Waals surface area contributed by atoms with E-state index in [1.165, 1.54) is 20.2 Å². The van der Waals surface area contributed by atoms with Crippen molar-refractivity contribution >= 4 is 22.8 Å². The first kappa shape index (κ1) is 18.5. The molecule has 0 bridgehead atoms. The fraction of sp³-hybridized carbons (Fsp3) is 0.312. The number of nitrogens with one attached hydrogen (secondary N) is 4. The molecule has 3 heterocycles. The van der Waals surface area contributed by atoms with E-state index < -0.39 is 30.2 Å². The van der Waals surface area contributed by atoms with Gasteiger partial charge in [0.25, 0.3) is 18.4 Å². The number of hydrogen-bond acceptors (Lipinski definition) is 5. The molecule has 11 heteroatoms. The molecule has 0 aliphatic heterocycles. The number of nitrogens with zero attached hydrogens (tertiary/aromatic N) is 3. The number of carbonyl (C=O) groups excluding carboxylic acids is 1. The molecule has 0 spiro atoms. The van der Waals surface area contributed by atoms with Crippen LogP contribution >= 0.6 is 0 Å². The van der Waals surface area contributed by atoms with Crippen LogP contribution in [0.3, 0.4) is 0 Å². The highest BCUT2D eigenvalue weighted by molar-refractivity contribution is 5.91. The van der Waals surface area contributed by atoms with E-state index in [1.807, 2.05) is 0 Å². The Labute approximate surface area is 151 Å². The smallest absolute Gasteiger partial charge is 0.286 e. The first-order chi connectivity index (χ1) is 12.8. The van der Waals surface area contributed by atoms with E-state index in [9.17, 15) is 18.0 Å². The monoisotopic (exact) mass is 380 g/mol. The average molecular weight is 380 g/mol. The van der Waals surface area contributed by atoms with Gasteiger partial charge in [0.15, 0.2) is 17.5 Å². The van der Waals surface area contributed by atoms with Crippen LogP contribution in [-0.4, -0.2) is 44.4 Å². The van der Waals surface area contributed by atoms with E-state index in [2.05, 4.69) is 35.6 Å². The fourth-order valence-corrected chi connectivity index (χ4v) is 2.41. The second-order valence-corrected chi connectivity index (χ2v) is 6.28. The summed E-state index contributed by atoms with van der Waals surface area (Å²) in [5.74, 6) is -1.51. The van der Waals surface area contributed by atoms with Gasteiger partial charge in [-0.25, -0.2) is 28.1 Å². The van der Waals surface area contributed by atoms with Gasteiger partial charge in [0.05, 0.1) is 23.7 Å². The van der Waals surface area contributed by atoms with Crippen molar-refractivity contribution in [2.45, 2.75) is 25.8 Å². The van der Waals surface area contributed by atoms with Crippen molar-refractivity contribution in [3.8, 4) is 11.4 Å². The topological polar surface area (TPSA) is 110 Å². The Bertz CT molecular complexity index is 974. The lowest BCUT2D eigenvalue weighted by Gasteiger charge is -2.26. The molecule has 0 aliphatic carbocycles. The minimum Gasteiger partial charge on any atom is -0.354 e. The number of amides is 1. The zero-order valence-corrected chi connectivity index (χ0v) is 14.5. The number of hydrogen-bond donors (Lipinski definition) is 3. The van der Waals surface area contributed by atoms with Crippen molar-refractivity contribution in [3.63, 3.8) is 0 Å². The van der Waals surface area contributed by atoms with Crippen LogP contribution < -0.4 is 15.6 Å². The summed E-state index contributed by atoms with van der Waals surface area (Å²) in [5.41, 5.74) is -0.202. The number of fused-ring (bicyclic) bond motifs is 1. The third-order valence-corrected chi connectivity index (χ3v) is 3.79. The van der Waals surface area contributed by atoms with Crippen LogP contribution in [0.15, 0.2) is 24.9 Å². The number of anilines is 1. The molecule has 3 aromatic heterocycles. The second kappa shape index (κ2) is 7.17. The van der Waals surface area contributed by atoms with Crippen LogP contribution in [0.5, 0.6) is 0 Å². The normalized spacial score (nSPS) is 11.8. The largest absolute Gasteiger partial charge is 0.354 e. The van der Waals surface area contributed by atoms with E-state index in [4.69, 9.17) is 0 Å². The highest BCUT2D eigenvalue weighted by Gasteiger charge is 2.30. The molecule has 0 unspecified atom stereocenters. The zero-order chi connectivity index (χ0) is 19.6. The van der Waals surface area contributed by atoms with Crippen LogP contribution in [0.25, 0.3) is 22.4 Å². The van der Waals surface area contributed by atoms with Crippen molar-refractivity contribution in [1.29, 1.82) is 0 Å². The van der Waals surface area contributed by atoms with Gasteiger partial charge in [-0.2, -0.15) is 0 Å². The van der Waals surface area contributed by atoms with Crippen molar-refractivity contribution in [3.05, 3.63) is 30.7 Å². The number of H-pyrrole nitrogens is 2. The predicted molar refractivity (Wildman–Crippen MR) is 90.3 cm³/mol. The van der Waals surface area contributed by atoms with Crippen molar-refractivity contribution in [1.82, 2.24) is 25.3 Å². The molecule has 27 heavy (non-hydrogen) atoms. The van der Waals surface area contributed by atoms with Crippen LogP contribution in [0, 0.1) is 5.82 Å². The first-order valence-electron chi connectivity index (χ1n) is 7.98. The van der Waals surface area contributed by atoms with E-state index in [-0.39, 0.29) is 11.6 Å². The Hall–Kier alpha value is -3.24. The standard InChI is InChI=1S/C16H16F3N7O/c1-16(2,15(27)23-6-11(18)19)26-14-10(17)5-22-13(25-14)9-4-21-12-8(9)3-20-7-24-12/h3-5,7,11H,6H2,1-2H3,(H,23,27)(H,20,21,24)(H,22,25,26)/p+1. The van der Waals surface area contributed by atoms with Crippen LogP contribution in [0.4, 0.5) is 19.0 Å². The third-order valence-electron chi connectivity index (χ3n) is 3.79. The molecule has 0 fully saturated rings. The molecule has 8 nitrogen and oxygen atoms in total. The number of rotatable bonds is 6. The maximum Gasteiger partial charge on any atom is 0.286 e. The molecule has 0 saturated carbocycles. The highest BCUT2D eigenvalue weighted by Crippen LogP contribution is 2.26. The quantitative estimate of drug-likeness (QED) is 0.601. The Kier molecular flexibility index (Phi) is 4.93. The summed E-state index contributed by atoms with van der Waals surface area (Å²) in [5, 5.41) is 5.44. The Morgan fingerprint density at radius 3 is 2.89 bits per heavy atom. The number of aromatic amines is 2. The van der Waals surface area contributed by atoms with Gasteiger partial charge >= 0.3 is 0 Å². The molecule has 0 radical (unpaired) electrons. The van der Waals surface area contributed by atoms with Crippen LogP contribution in [0.1, 0.15) is 13.8 Å². The SMILES string of the molecule is CC(C)(Nc1nc(-c2c[nH]c3nc[nH+]cc23)ncc1F)C(=O)NCC(F)F. The number of carbonyl (C=O) groups is 1. The molecule has 3 rings (SSSR count). The first-order valence-corrected chi connectivity index (χ1v) is 7.98. The average Bonchev–Trinajstić information content (AvgIpc) is 3.05. The second-order valence-electron chi connectivity index (χ2n) is 6.28. The molecule has 142 valence electrons. The molecule has 0 atom stereocenters. The van der Waals surface area contributed by atoms with Crippen LogP contribution in [-0.2, 0) is 4.79 Å².